The lowest BCUT2D eigenvalue weighted by molar-refractivity contribution is -0.124. The molecule has 5 nitrogen and oxygen atoms in total. The van der Waals surface area contributed by atoms with Gasteiger partial charge in [-0.25, -0.2) is 0 Å². The Morgan fingerprint density at radius 2 is 1.88 bits per heavy atom. The Morgan fingerprint density at radius 1 is 1.25 bits per heavy atom. The van der Waals surface area contributed by atoms with Crippen LogP contribution in [0.15, 0.2) is 33.3 Å². The highest BCUT2D eigenvalue weighted by Gasteiger charge is 2.26. The molecule has 0 aliphatic heterocycles. The zero-order chi connectivity index (χ0) is 17.9. The van der Waals surface area contributed by atoms with E-state index in [4.69, 9.17) is 4.52 Å². The van der Waals surface area contributed by atoms with Crippen LogP contribution in [-0.2, 0) is 4.79 Å². The quantitative estimate of drug-likeness (QED) is 0.795. The van der Waals surface area contributed by atoms with Crippen LogP contribution in [0.25, 0.3) is 11.4 Å². The van der Waals surface area contributed by atoms with E-state index in [1.807, 2.05) is 58.9 Å². The van der Waals surface area contributed by atoms with Crippen LogP contribution in [0.4, 0.5) is 0 Å². The molecule has 2 aromatic rings. The van der Waals surface area contributed by atoms with Crippen molar-refractivity contribution in [3.63, 3.8) is 0 Å². The van der Waals surface area contributed by atoms with E-state index < -0.39 is 0 Å². The summed E-state index contributed by atoms with van der Waals surface area (Å²) < 4.78 is 6.41. The van der Waals surface area contributed by atoms with Crippen LogP contribution in [0.3, 0.4) is 0 Å². The summed E-state index contributed by atoms with van der Waals surface area (Å²) in [6, 6.07) is 7.39. The number of benzene rings is 1. The number of aromatic nitrogens is 2. The highest BCUT2D eigenvalue weighted by molar-refractivity contribution is 9.10. The van der Waals surface area contributed by atoms with Crippen molar-refractivity contribution in [2.45, 2.75) is 47.1 Å². The maximum absolute atomic E-state index is 12.3. The third-order valence-corrected chi connectivity index (χ3v) is 4.01. The molecule has 130 valence electrons. The van der Waals surface area contributed by atoms with Crippen molar-refractivity contribution in [1.82, 2.24) is 15.5 Å². The van der Waals surface area contributed by atoms with E-state index in [0.29, 0.717) is 18.1 Å². The molecule has 0 aliphatic rings. The van der Waals surface area contributed by atoms with E-state index in [1.165, 1.54) is 0 Å². The van der Waals surface area contributed by atoms with Crippen LogP contribution in [0, 0.1) is 11.3 Å². The Kier molecular flexibility index (Phi) is 5.80. The van der Waals surface area contributed by atoms with Crippen molar-refractivity contribution in [3.05, 3.63) is 34.6 Å². The SMILES string of the molecule is CC(C)[C@H](NC(=O)CC(C)(C)C)c1nc(-c2ccc(Br)cc2)no1. The van der Waals surface area contributed by atoms with Gasteiger partial charge in [0.2, 0.25) is 17.6 Å². The van der Waals surface area contributed by atoms with E-state index in [2.05, 4.69) is 31.4 Å². The van der Waals surface area contributed by atoms with Gasteiger partial charge < -0.3 is 9.84 Å². The minimum absolute atomic E-state index is 0.00964. The van der Waals surface area contributed by atoms with Gasteiger partial charge in [0.1, 0.15) is 6.04 Å². The molecule has 0 unspecified atom stereocenters. The summed E-state index contributed by atoms with van der Waals surface area (Å²) in [5.41, 5.74) is 0.806. The predicted molar refractivity (Wildman–Crippen MR) is 97.2 cm³/mol. The number of nitrogens with one attached hydrogen (secondary N) is 1. The Hall–Kier alpha value is -1.69. The molecule has 1 N–H and O–H groups in total. The largest absolute Gasteiger partial charge is 0.344 e. The third-order valence-electron chi connectivity index (χ3n) is 3.48. The fourth-order valence-corrected chi connectivity index (χ4v) is 2.56. The maximum atomic E-state index is 12.3. The van der Waals surface area contributed by atoms with E-state index in [9.17, 15) is 4.79 Å². The smallest absolute Gasteiger partial charge is 0.249 e. The Bertz CT molecular complexity index is 687. The Morgan fingerprint density at radius 3 is 2.42 bits per heavy atom. The molecule has 1 aromatic heterocycles. The molecular formula is C18H24BrN3O2. The molecule has 0 saturated heterocycles. The van der Waals surface area contributed by atoms with Gasteiger partial charge >= 0.3 is 0 Å². The van der Waals surface area contributed by atoms with E-state index in [-0.39, 0.29) is 23.3 Å². The molecule has 1 aromatic carbocycles. The van der Waals surface area contributed by atoms with Crippen LogP contribution in [0.5, 0.6) is 0 Å². The lowest BCUT2D eigenvalue weighted by atomic mass is 9.91. The molecular weight excluding hydrogens is 370 g/mol. The molecule has 1 amide bonds. The highest BCUT2D eigenvalue weighted by Crippen LogP contribution is 2.26. The summed E-state index contributed by atoms with van der Waals surface area (Å²) in [7, 11) is 0. The summed E-state index contributed by atoms with van der Waals surface area (Å²) >= 11 is 3.40. The fraction of sp³-hybridized carbons (Fsp3) is 0.500. The van der Waals surface area contributed by atoms with E-state index in [1.54, 1.807) is 0 Å². The van der Waals surface area contributed by atoms with Crippen LogP contribution in [-0.4, -0.2) is 16.0 Å². The first-order chi connectivity index (χ1) is 11.2. The minimum atomic E-state index is -0.295. The van der Waals surface area contributed by atoms with Crippen molar-refractivity contribution in [1.29, 1.82) is 0 Å². The molecule has 0 radical (unpaired) electrons. The van der Waals surface area contributed by atoms with Crippen molar-refractivity contribution >= 4 is 21.8 Å². The molecule has 1 heterocycles. The van der Waals surface area contributed by atoms with Crippen molar-refractivity contribution in [2.24, 2.45) is 11.3 Å². The average molecular weight is 394 g/mol. The zero-order valence-corrected chi connectivity index (χ0v) is 16.3. The van der Waals surface area contributed by atoms with Gasteiger partial charge in [0.05, 0.1) is 0 Å². The summed E-state index contributed by atoms with van der Waals surface area (Å²) in [5, 5.41) is 7.07. The van der Waals surface area contributed by atoms with E-state index >= 15 is 0 Å². The minimum Gasteiger partial charge on any atom is -0.344 e. The predicted octanol–water partition coefficient (Wildman–Crippen LogP) is 4.75. The van der Waals surface area contributed by atoms with E-state index in [0.717, 1.165) is 10.0 Å². The van der Waals surface area contributed by atoms with Crippen LogP contribution >= 0.6 is 15.9 Å². The topological polar surface area (TPSA) is 68.0 Å². The number of hydrogen-bond donors (Lipinski definition) is 1. The Balaban J connectivity index is 2.17. The highest BCUT2D eigenvalue weighted by atomic mass is 79.9. The molecule has 0 fully saturated rings. The number of amides is 1. The molecule has 6 heteroatoms. The number of rotatable bonds is 5. The number of halogens is 1. The molecule has 2 rings (SSSR count). The lowest BCUT2D eigenvalue weighted by Crippen LogP contribution is -2.34. The first kappa shape index (κ1) is 18.6. The van der Waals surface area contributed by atoms with Gasteiger partial charge in [-0.05, 0) is 35.6 Å². The van der Waals surface area contributed by atoms with Gasteiger partial charge in [-0.3, -0.25) is 4.79 Å². The van der Waals surface area contributed by atoms with Gasteiger partial charge in [0.25, 0.3) is 0 Å². The number of carbonyl (C=O) groups excluding carboxylic acids is 1. The van der Waals surface area contributed by atoms with Gasteiger partial charge in [0, 0.05) is 16.5 Å². The third kappa shape index (κ3) is 5.16. The molecule has 1 atom stereocenters. The van der Waals surface area contributed by atoms with Gasteiger partial charge in [0.15, 0.2) is 0 Å². The standard InChI is InChI=1S/C18H24BrN3O2/c1-11(2)15(20-14(23)10-18(3,4)5)17-21-16(22-24-17)12-6-8-13(19)9-7-12/h6-9,11,15H,10H2,1-5H3,(H,20,23)/t15-/m0/s1. The van der Waals surface area contributed by atoms with Crippen molar-refractivity contribution < 1.29 is 9.32 Å². The Labute approximate surface area is 151 Å². The molecule has 0 saturated carbocycles. The number of carbonyl (C=O) groups is 1. The maximum Gasteiger partial charge on any atom is 0.249 e. The normalized spacial score (nSPS) is 13.1. The first-order valence-electron chi connectivity index (χ1n) is 8.04. The fourth-order valence-electron chi connectivity index (χ4n) is 2.30. The van der Waals surface area contributed by atoms with Crippen LogP contribution in [0.1, 0.15) is 53.0 Å². The monoisotopic (exact) mass is 393 g/mol. The molecule has 0 aliphatic carbocycles. The molecule has 24 heavy (non-hydrogen) atoms. The first-order valence-corrected chi connectivity index (χ1v) is 8.84. The van der Waals surface area contributed by atoms with Crippen LogP contribution < -0.4 is 5.32 Å². The molecule has 0 bridgehead atoms. The number of hydrogen-bond acceptors (Lipinski definition) is 4. The van der Waals surface area contributed by atoms with Crippen molar-refractivity contribution in [2.75, 3.05) is 0 Å². The number of nitrogens with zero attached hydrogens (tertiary/aromatic N) is 2. The summed E-state index contributed by atoms with van der Waals surface area (Å²) in [6.07, 6.45) is 0.448. The zero-order valence-electron chi connectivity index (χ0n) is 14.8. The molecule has 0 spiro atoms. The second-order valence-electron chi connectivity index (χ2n) is 7.49. The lowest BCUT2D eigenvalue weighted by Gasteiger charge is -2.22. The summed E-state index contributed by atoms with van der Waals surface area (Å²) in [4.78, 5) is 16.7. The summed E-state index contributed by atoms with van der Waals surface area (Å²) in [6.45, 7) is 10.1. The second kappa shape index (κ2) is 7.47. The van der Waals surface area contributed by atoms with Crippen molar-refractivity contribution in [3.8, 4) is 11.4 Å². The summed E-state index contributed by atoms with van der Waals surface area (Å²) in [5.74, 6) is 1.09. The second-order valence-corrected chi connectivity index (χ2v) is 8.41. The van der Waals surface area contributed by atoms with Gasteiger partial charge in [-0.15, -0.1) is 0 Å². The van der Waals surface area contributed by atoms with Crippen LogP contribution in [0.2, 0.25) is 0 Å². The van der Waals surface area contributed by atoms with Gasteiger partial charge in [-0.2, -0.15) is 4.98 Å². The van der Waals surface area contributed by atoms with Gasteiger partial charge in [-0.1, -0.05) is 55.7 Å². The average Bonchev–Trinajstić information content (AvgIpc) is 2.92.